The fraction of sp³-hybridized carbons (Fsp3) is 0.318. The highest BCUT2D eigenvalue weighted by molar-refractivity contribution is 7.89. The van der Waals surface area contributed by atoms with E-state index in [1.54, 1.807) is 24.3 Å². The van der Waals surface area contributed by atoms with Crippen LogP contribution in [0.4, 0.5) is 5.69 Å². The predicted molar refractivity (Wildman–Crippen MR) is 116 cm³/mol. The summed E-state index contributed by atoms with van der Waals surface area (Å²) in [6, 6.07) is 12.1. The second-order valence-electron chi connectivity index (χ2n) is 6.94. The van der Waals surface area contributed by atoms with Crippen LogP contribution in [0.5, 0.6) is 0 Å². The van der Waals surface area contributed by atoms with E-state index < -0.39 is 10.0 Å². The Morgan fingerprint density at radius 3 is 2.28 bits per heavy atom. The van der Waals surface area contributed by atoms with Gasteiger partial charge in [-0.3, -0.25) is 0 Å². The van der Waals surface area contributed by atoms with Crippen molar-refractivity contribution in [2.75, 3.05) is 18.4 Å². The first-order valence-corrected chi connectivity index (χ1v) is 11.1. The highest BCUT2D eigenvalue weighted by atomic mass is 32.2. The molecule has 7 heteroatoms. The minimum Gasteiger partial charge on any atom is -0.422 e. The van der Waals surface area contributed by atoms with E-state index in [-0.39, 0.29) is 10.5 Å². The average Bonchev–Trinajstić information content (AvgIpc) is 2.70. The maximum Gasteiger partial charge on any atom is 0.336 e. The number of hydrogen-bond acceptors (Lipinski definition) is 5. The zero-order chi connectivity index (χ0) is 21.2. The van der Waals surface area contributed by atoms with Gasteiger partial charge in [0, 0.05) is 36.8 Å². The van der Waals surface area contributed by atoms with Gasteiger partial charge in [0.2, 0.25) is 10.0 Å². The molecule has 0 atom stereocenters. The number of rotatable bonds is 7. The zero-order valence-electron chi connectivity index (χ0n) is 17.2. The first-order chi connectivity index (χ1) is 13.8. The molecule has 0 aliphatic carbocycles. The molecule has 6 nitrogen and oxygen atoms in total. The van der Waals surface area contributed by atoms with Crippen molar-refractivity contribution in [2.24, 2.45) is 0 Å². The fourth-order valence-corrected chi connectivity index (χ4v) is 4.78. The van der Waals surface area contributed by atoms with Crippen molar-refractivity contribution in [1.82, 2.24) is 4.31 Å². The third-order valence-corrected chi connectivity index (χ3v) is 7.26. The molecule has 0 amide bonds. The van der Waals surface area contributed by atoms with E-state index in [0.29, 0.717) is 25.2 Å². The van der Waals surface area contributed by atoms with Crippen LogP contribution < -0.4 is 10.9 Å². The Morgan fingerprint density at radius 1 is 1.00 bits per heavy atom. The molecular weight excluding hydrogens is 388 g/mol. The monoisotopic (exact) mass is 414 g/mol. The van der Waals surface area contributed by atoms with Gasteiger partial charge in [0.15, 0.2) is 0 Å². The number of nitrogens with zero attached hydrogens (tertiary/aromatic N) is 1. The standard InChI is InChI=1S/C22H26N2O4S/c1-5-24(6-2)29(26,27)19-10-8-18(9-11-19)23-14-17-13-21(25)28-22-16(4)15(3)7-12-20(17)22/h7-13,23H,5-6,14H2,1-4H3. The van der Waals surface area contributed by atoms with Gasteiger partial charge in [-0.1, -0.05) is 26.0 Å². The molecule has 0 saturated heterocycles. The molecule has 2 aromatic carbocycles. The molecule has 1 aromatic heterocycles. The van der Waals surface area contributed by atoms with Crippen LogP contribution in [0.25, 0.3) is 11.0 Å². The van der Waals surface area contributed by atoms with Gasteiger partial charge in [-0.2, -0.15) is 4.31 Å². The smallest absolute Gasteiger partial charge is 0.336 e. The normalized spacial score (nSPS) is 11.9. The van der Waals surface area contributed by atoms with Gasteiger partial charge in [0.1, 0.15) is 5.58 Å². The third kappa shape index (κ3) is 4.21. The summed E-state index contributed by atoms with van der Waals surface area (Å²) in [4.78, 5) is 12.3. The van der Waals surface area contributed by atoms with Gasteiger partial charge < -0.3 is 9.73 Å². The van der Waals surface area contributed by atoms with E-state index in [9.17, 15) is 13.2 Å². The van der Waals surface area contributed by atoms with E-state index in [2.05, 4.69) is 5.32 Å². The summed E-state index contributed by atoms with van der Waals surface area (Å²) in [6.07, 6.45) is 0. The molecule has 0 unspecified atom stereocenters. The summed E-state index contributed by atoms with van der Waals surface area (Å²) < 4.78 is 32.0. The lowest BCUT2D eigenvalue weighted by molar-refractivity contribution is 0.445. The van der Waals surface area contributed by atoms with Crippen LogP contribution in [-0.2, 0) is 16.6 Å². The van der Waals surface area contributed by atoms with Crippen molar-refractivity contribution < 1.29 is 12.8 Å². The number of anilines is 1. The number of aryl methyl sites for hydroxylation is 2. The van der Waals surface area contributed by atoms with E-state index >= 15 is 0 Å². The molecular formula is C22H26N2O4S. The van der Waals surface area contributed by atoms with Crippen LogP contribution in [0.3, 0.4) is 0 Å². The summed E-state index contributed by atoms with van der Waals surface area (Å²) >= 11 is 0. The second kappa shape index (κ2) is 8.39. The maximum absolute atomic E-state index is 12.6. The first-order valence-electron chi connectivity index (χ1n) is 9.65. The van der Waals surface area contributed by atoms with E-state index in [4.69, 9.17) is 4.42 Å². The van der Waals surface area contributed by atoms with Crippen molar-refractivity contribution in [1.29, 1.82) is 0 Å². The Bertz CT molecular complexity index is 1180. The van der Waals surface area contributed by atoms with Crippen LogP contribution >= 0.6 is 0 Å². The lowest BCUT2D eigenvalue weighted by Gasteiger charge is -2.18. The molecule has 3 rings (SSSR count). The Hall–Kier alpha value is -2.64. The SMILES string of the molecule is CCN(CC)S(=O)(=O)c1ccc(NCc2cc(=O)oc3c(C)c(C)ccc23)cc1. The number of nitrogens with one attached hydrogen (secondary N) is 1. The van der Waals surface area contributed by atoms with Gasteiger partial charge in [-0.25, -0.2) is 13.2 Å². The molecule has 0 aliphatic heterocycles. The van der Waals surface area contributed by atoms with Crippen LogP contribution in [0.1, 0.15) is 30.5 Å². The maximum atomic E-state index is 12.6. The van der Waals surface area contributed by atoms with Gasteiger partial charge >= 0.3 is 5.63 Å². The summed E-state index contributed by atoms with van der Waals surface area (Å²) in [7, 11) is -3.48. The lowest BCUT2D eigenvalue weighted by atomic mass is 10.0. The quantitative estimate of drug-likeness (QED) is 0.590. The molecule has 1 N–H and O–H groups in total. The van der Waals surface area contributed by atoms with Crippen molar-refractivity contribution in [2.45, 2.75) is 39.1 Å². The largest absolute Gasteiger partial charge is 0.422 e. The minimum absolute atomic E-state index is 0.267. The van der Waals surface area contributed by atoms with Crippen LogP contribution in [0, 0.1) is 13.8 Å². The van der Waals surface area contributed by atoms with Gasteiger partial charge in [0.05, 0.1) is 4.90 Å². The molecule has 0 radical (unpaired) electrons. The van der Waals surface area contributed by atoms with E-state index in [1.807, 2.05) is 39.8 Å². The number of benzene rings is 2. The van der Waals surface area contributed by atoms with Crippen molar-refractivity contribution in [3.8, 4) is 0 Å². The lowest BCUT2D eigenvalue weighted by Crippen LogP contribution is -2.30. The molecule has 0 saturated carbocycles. The third-order valence-electron chi connectivity index (χ3n) is 5.20. The highest BCUT2D eigenvalue weighted by Crippen LogP contribution is 2.24. The molecule has 0 bridgehead atoms. The topological polar surface area (TPSA) is 79.6 Å². The summed E-state index contributed by atoms with van der Waals surface area (Å²) in [5.41, 5.74) is 3.84. The van der Waals surface area contributed by atoms with Crippen LogP contribution in [0.2, 0.25) is 0 Å². The van der Waals surface area contributed by atoms with Crippen molar-refractivity contribution >= 4 is 26.7 Å². The molecule has 29 heavy (non-hydrogen) atoms. The predicted octanol–water partition coefficient (Wildman–Crippen LogP) is 4.05. The minimum atomic E-state index is -3.48. The molecule has 0 aliphatic rings. The Kier molecular flexibility index (Phi) is 6.10. The van der Waals surface area contributed by atoms with E-state index in [0.717, 1.165) is 27.8 Å². The zero-order valence-corrected chi connectivity index (χ0v) is 18.0. The van der Waals surface area contributed by atoms with Crippen molar-refractivity contribution in [3.05, 3.63) is 69.6 Å². The van der Waals surface area contributed by atoms with Gasteiger partial charge in [-0.05, 0) is 54.8 Å². The van der Waals surface area contributed by atoms with Gasteiger partial charge in [-0.15, -0.1) is 0 Å². The Morgan fingerprint density at radius 2 is 1.66 bits per heavy atom. The van der Waals surface area contributed by atoms with Crippen molar-refractivity contribution in [3.63, 3.8) is 0 Å². The van der Waals surface area contributed by atoms with E-state index in [1.165, 1.54) is 10.4 Å². The first kappa shape index (κ1) is 21.1. The summed E-state index contributed by atoms with van der Waals surface area (Å²) in [6.45, 7) is 8.84. The molecule has 154 valence electrons. The fourth-order valence-electron chi connectivity index (χ4n) is 3.33. The average molecular weight is 415 g/mol. The van der Waals surface area contributed by atoms with Crippen LogP contribution in [0.15, 0.2) is 56.6 Å². The van der Waals surface area contributed by atoms with Gasteiger partial charge in [0.25, 0.3) is 0 Å². The summed E-state index contributed by atoms with van der Waals surface area (Å²) in [5, 5.41) is 4.15. The number of hydrogen-bond donors (Lipinski definition) is 1. The molecule has 1 heterocycles. The number of fused-ring (bicyclic) bond motifs is 1. The molecule has 0 spiro atoms. The summed E-state index contributed by atoms with van der Waals surface area (Å²) in [5.74, 6) is 0. The second-order valence-corrected chi connectivity index (χ2v) is 8.88. The number of sulfonamides is 1. The molecule has 0 fully saturated rings. The molecule has 3 aromatic rings. The Balaban J connectivity index is 1.84. The highest BCUT2D eigenvalue weighted by Gasteiger charge is 2.21. The Labute approximate surface area is 171 Å². The van der Waals surface area contributed by atoms with Crippen LogP contribution in [-0.4, -0.2) is 25.8 Å².